The molecule has 0 heterocycles. The second kappa shape index (κ2) is 39.0. The molecule has 0 saturated carbocycles. The van der Waals surface area contributed by atoms with Crippen molar-refractivity contribution in [3.63, 3.8) is 0 Å². The number of hydrogen-bond donors (Lipinski definition) is 4. The van der Waals surface area contributed by atoms with Gasteiger partial charge in [-0.2, -0.15) is 0 Å². The van der Waals surface area contributed by atoms with E-state index in [4.69, 9.17) is 19.1 Å². The maximum Gasteiger partial charge on any atom is 0.472 e. The summed E-state index contributed by atoms with van der Waals surface area (Å²) in [5.41, 5.74) is 0. The smallest absolute Gasteiger partial charge is 0.462 e. The van der Waals surface area contributed by atoms with Crippen LogP contribution < -0.4 is 0 Å². The molecule has 0 aliphatic carbocycles. The lowest BCUT2D eigenvalue weighted by atomic mass is 10.1. The highest BCUT2D eigenvalue weighted by atomic mass is 31.2. The monoisotopic (exact) mass is 808 g/mol. The van der Waals surface area contributed by atoms with Gasteiger partial charge in [0.15, 0.2) is 6.10 Å². The number of aliphatic hydroxyl groups excluding tert-OH is 3. The number of unbranched alkanes of at least 4 members (excludes halogenated alkanes) is 7. The van der Waals surface area contributed by atoms with Crippen molar-refractivity contribution in [3.05, 3.63) is 85.1 Å². The van der Waals surface area contributed by atoms with Crippen LogP contribution in [0.1, 0.15) is 136 Å². The molecular weight excluding hydrogens is 735 g/mol. The molecule has 0 aromatic carbocycles. The Morgan fingerprint density at radius 3 is 1.62 bits per heavy atom. The number of phosphoric ester groups is 1. The third-order valence-electron chi connectivity index (χ3n) is 8.09. The van der Waals surface area contributed by atoms with E-state index in [-0.39, 0.29) is 25.6 Å². The fourth-order valence-corrected chi connectivity index (χ4v) is 5.62. The predicted octanol–water partition coefficient (Wildman–Crippen LogP) is 9.63. The van der Waals surface area contributed by atoms with E-state index >= 15 is 0 Å². The van der Waals surface area contributed by atoms with Gasteiger partial charge in [0.1, 0.15) is 12.7 Å². The molecule has 0 aromatic heterocycles. The van der Waals surface area contributed by atoms with Gasteiger partial charge >= 0.3 is 19.8 Å². The van der Waals surface area contributed by atoms with Crippen molar-refractivity contribution < 1.29 is 52.9 Å². The number of hydrogen-bond acceptors (Lipinski definition) is 10. The zero-order valence-electron chi connectivity index (χ0n) is 34.2. The van der Waals surface area contributed by atoms with Gasteiger partial charge in [-0.05, 0) is 83.5 Å². The molecule has 1 unspecified atom stereocenters. The van der Waals surface area contributed by atoms with Crippen LogP contribution in [-0.2, 0) is 32.7 Å². The summed E-state index contributed by atoms with van der Waals surface area (Å²) >= 11 is 0. The zero-order chi connectivity index (χ0) is 41.4. The van der Waals surface area contributed by atoms with Crippen LogP contribution in [0, 0.1) is 0 Å². The zero-order valence-corrected chi connectivity index (χ0v) is 35.1. The Balaban J connectivity index is 4.54. The standard InChI is InChI=1S/C44H73O11P/c1-3-5-7-8-9-10-11-12-13-14-18-21-24-27-30-34-43(48)52-38-42(39-54-56(50,51)53-37-41(47)36-45)55-44(49)35-31-28-25-22-19-16-15-17-20-23-26-29-33-40(46)32-6-4-2/h9-10,12-13,15-16,18,20-23,25,29,33,40-42,45-47H,3-8,11,14,17,19,24,26-28,30-32,34-39H2,1-2H3,(H,50,51)/b10-9-,13-12-,16-15-,21-18-,23-20-,25-22-,33-29-/t40-,41+,42-/m1/s1. The van der Waals surface area contributed by atoms with Gasteiger partial charge in [0.2, 0.25) is 0 Å². The lowest BCUT2D eigenvalue weighted by Crippen LogP contribution is -2.29. The van der Waals surface area contributed by atoms with Crippen LogP contribution in [0.4, 0.5) is 0 Å². The molecule has 0 radical (unpaired) electrons. The highest BCUT2D eigenvalue weighted by Gasteiger charge is 2.27. The largest absolute Gasteiger partial charge is 0.472 e. The molecule has 0 saturated heterocycles. The van der Waals surface area contributed by atoms with Crippen LogP contribution in [0.5, 0.6) is 0 Å². The Bertz CT molecular complexity index is 1220. The van der Waals surface area contributed by atoms with Gasteiger partial charge < -0.3 is 29.7 Å². The van der Waals surface area contributed by atoms with E-state index < -0.39 is 51.8 Å². The number of phosphoric acid groups is 1. The summed E-state index contributed by atoms with van der Waals surface area (Å²) in [4.78, 5) is 34.9. The third-order valence-corrected chi connectivity index (χ3v) is 9.04. The SMILES string of the molecule is CCCCC/C=C\C/C=C\C/C=C\CCCCC(=O)OC[C@H](COP(=O)(O)OC[C@@H](O)CO)OC(=O)CCC/C=C\C/C=C\C/C=C\C/C=C\[C@H](O)CCCC. The number of carbonyl (C=O) groups excluding carboxylic acids is 2. The Morgan fingerprint density at radius 1 is 0.589 bits per heavy atom. The van der Waals surface area contributed by atoms with Gasteiger partial charge in [-0.3, -0.25) is 18.6 Å². The average Bonchev–Trinajstić information content (AvgIpc) is 3.18. The topological polar surface area (TPSA) is 169 Å². The second-order valence-electron chi connectivity index (χ2n) is 13.5. The van der Waals surface area contributed by atoms with Crippen LogP contribution in [-0.4, -0.2) is 76.9 Å². The Morgan fingerprint density at radius 2 is 1.07 bits per heavy atom. The lowest BCUT2D eigenvalue weighted by molar-refractivity contribution is -0.161. The van der Waals surface area contributed by atoms with Crippen molar-refractivity contribution >= 4 is 19.8 Å². The van der Waals surface area contributed by atoms with E-state index in [0.717, 1.165) is 70.6 Å². The maximum absolute atomic E-state index is 12.6. The Labute approximate surface area is 337 Å². The average molecular weight is 809 g/mol. The number of rotatable bonds is 37. The quantitative estimate of drug-likeness (QED) is 0.0204. The van der Waals surface area contributed by atoms with E-state index in [1.54, 1.807) is 0 Å². The number of carbonyl (C=O) groups is 2. The molecule has 0 aliphatic rings. The van der Waals surface area contributed by atoms with E-state index in [9.17, 15) is 29.3 Å². The minimum Gasteiger partial charge on any atom is -0.462 e. The fourth-order valence-electron chi connectivity index (χ4n) is 4.83. The maximum atomic E-state index is 12.6. The molecule has 0 bridgehead atoms. The number of aliphatic hydroxyl groups is 3. The fraction of sp³-hybridized carbons (Fsp3) is 0.636. The van der Waals surface area contributed by atoms with E-state index in [1.807, 2.05) is 24.3 Å². The predicted molar refractivity (Wildman–Crippen MR) is 225 cm³/mol. The number of esters is 2. The molecule has 0 amide bonds. The van der Waals surface area contributed by atoms with Gasteiger partial charge in [-0.1, -0.05) is 125 Å². The molecule has 4 N–H and O–H groups in total. The van der Waals surface area contributed by atoms with Gasteiger partial charge in [-0.15, -0.1) is 0 Å². The molecule has 4 atom stereocenters. The van der Waals surface area contributed by atoms with Gasteiger partial charge in [0.05, 0.1) is 25.9 Å². The highest BCUT2D eigenvalue weighted by Crippen LogP contribution is 2.43. The molecule has 0 fully saturated rings. The molecule has 0 rings (SSSR count). The van der Waals surface area contributed by atoms with Crippen LogP contribution in [0.2, 0.25) is 0 Å². The van der Waals surface area contributed by atoms with E-state index in [0.29, 0.717) is 19.3 Å². The van der Waals surface area contributed by atoms with Crippen molar-refractivity contribution in [2.45, 2.75) is 154 Å². The summed E-state index contributed by atoms with van der Waals surface area (Å²) in [7, 11) is -4.65. The molecule has 0 spiro atoms. The van der Waals surface area contributed by atoms with Crippen LogP contribution in [0.15, 0.2) is 85.1 Å². The third kappa shape index (κ3) is 38.0. The second-order valence-corrected chi connectivity index (χ2v) is 14.9. The summed E-state index contributed by atoms with van der Waals surface area (Å²) < 4.78 is 32.5. The highest BCUT2D eigenvalue weighted by molar-refractivity contribution is 7.47. The van der Waals surface area contributed by atoms with Gasteiger partial charge in [0.25, 0.3) is 0 Å². The van der Waals surface area contributed by atoms with Gasteiger partial charge in [-0.25, -0.2) is 4.57 Å². The number of allylic oxidation sites excluding steroid dienone is 13. The van der Waals surface area contributed by atoms with Crippen molar-refractivity contribution in [2.24, 2.45) is 0 Å². The van der Waals surface area contributed by atoms with Crippen molar-refractivity contribution in [1.82, 2.24) is 0 Å². The molecule has 11 nitrogen and oxygen atoms in total. The summed E-state index contributed by atoms with van der Waals surface area (Å²) in [5.74, 6) is -1.07. The first-order valence-corrected chi connectivity index (χ1v) is 22.1. The Kier molecular flexibility index (Phi) is 36.9. The Hall–Kier alpha value is -2.89. The van der Waals surface area contributed by atoms with Crippen LogP contribution in [0.25, 0.3) is 0 Å². The van der Waals surface area contributed by atoms with Crippen molar-refractivity contribution in [1.29, 1.82) is 0 Å². The minimum atomic E-state index is -4.65. The summed E-state index contributed by atoms with van der Waals surface area (Å²) in [5, 5.41) is 28.1. The van der Waals surface area contributed by atoms with E-state index in [2.05, 4.69) is 79.1 Å². The lowest BCUT2D eigenvalue weighted by Gasteiger charge is -2.20. The normalized spacial score (nSPS) is 15.3. The molecule has 56 heavy (non-hydrogen) atoms. The summed E-state index contributed by atoms with van der Waals surface area (Å²) in [6, 6.07) is 0. The molecule has 12 heteroatoms. The van der Waals surface area contributed by atoms with Crippen molar-refractivity contribution in [3.8, 4) is 0 Å². The minimum absolute atomic E-state index is 0.0783. The van der Waals surface area contributed by atoms with Crippen LogP contribution in [0.3, 0.4) is 0 Å². The summed E-state index contributed by atoms with van der Waals surface area (Å²) in [6.45, 7) is 2.04. The number of ether oxygens (including phenoxy) is 2. The molecular formula is C44H73O11P. The molecule has 0 aromatic rings. The molecule has 0 aliphatic heterocycles. The first kappa shape index (κ1) is 53.1. The molecule has 320 valence electrons. The van der Waals surface area contributed by atoms with Crippen molar-refractivity contribution in [2.75, 3.05) is 26.4 Å². The van der Waals surface area contributed by atoms with Gasteiger partial charge in [0, 0.05) is 12.8 Å². The first-order chi connectivity index (χ1) is 27.1. The van der Waals surface area contributed by atoms with E-state index in [1.165, 1.54) is 19.3 Å². The summed E-state index contributed by atoms with van der Waals surface area (Å²) in [6.07, 6.45) is 41.8. The first-order valence-electron chi connectivity index (χ1n) is 20.6. The van der Waals surface area contributed by atoms with Crippen LogP contribution >= 0.6 is 7.82 Å².